The molecule has 1 N–H and O–H groups in total. The highest BCUT2D eigenvalue weighted by Gasteiger charge is 2.25. The zero-order valence-corrected chi connectivity index (χ0v) is 21.2. The number of rotatable bonds is 8. The highest BCUT2D eigenvalue weighted by atomic mass is 35.5. The molecule has 180 valence electrons. The minimum absolute atomic E-state index is 0.110. The van der Waals surface area contributed by atoms with Crippen LogP contribution in [0.1, 0.15) is 43.7 Å². The van der Waals surface area contributed by atoms with Gasteiger partial charge in [0.25, 0.3) is 0 Å². The standard InChI is InChI=1S/C25H29ClN4O3S/c1-16-9-11-18(26)14-20(16)27-23(31)15-34-25-29-28-24(30(25)19-7-5-4-6-8-19)17-10-12-21(32-2)22(13-17)33-3/h9-14,19H,4-8,15H2,1-3H3,(H,27,31). The summed E-state index contributed by atoms with van der Waals surface area (Å²) in [5.74, 6) is 2.20. The third kappa shape index (κ3) is 5.50. The van der Waals surface area contributed by atoms with Crippen molar-refractivity contribution in [2.75, 3.05) is 25.3 Å². The summed E-state index contributed by atoms with van der Waals surface area (Å²) in [5, 5.41) is 13.3. The fourth-order valence-corrected chi connectivity index (χ4v) is 5.24. The summed E-state index contributed by atoms with van der Waals surface area (Å²) in [6.07, 6.45) is 5.73. The van der Waals surface area contributed by atoms with E-state index in [1.807, 2.05) is 37.3 Å². The Morgan fingerprint density at radius 2 is 1.85 bits per heavy atom. The third-order valence-corrected chi connectivity index (χ3v) is 7.23. The quantitative estimate of drug-likeness (QED) is 0.373. The van der Waals surface area contributed by atoms with Gasteiger partial charge in [-0.05, 0) is 55.7 Å². The van der Waals surface area contributed by atoms with E-state index < -0.39 is 0 Å². The van der Waals surface area contributed by atoms with Gasteiger partial charge in [-0.2, -0.15) is 0 Å². The summed E-state index contributed by atoms with van der Waals surface area (Å²) in [6.45, 7) is 1.94. The number of hydrogen-bond donors (Lipinski definition) is 1. The number of anilines is 1. The molecule has 0 radical (unpaired) electrons. The van der Waals surface area contributed by atoms with Gasteiger partial charge in [0, 0.05) is 22.3 Å². The van der Waals surface area contributed by atoms with Crippen LogP contribution in [0.5, 0.6) is 11.5 Å². The number of carbonyl (C=O) groups is 1. The van der Waals surface area contributed by atoms with Gasteiger partial charge in [-0.25, -0.2) is 0 Å². The highest BCUT2D eigenvalue weighted by molar-refractivity contribution is 7.99. The lowest BCUT2D eigenvalue weighted by atomic mass is 9.95. The van der Waals surface area contributed by atoms with Gasteiger partial charge in [0.2, 0.25) is 5.91 Å². The second-order valence-electron chi connectivity index (χ2n) is 8.33. The maximum Gasteiger partial charge on any atom is 0.234 e. The summed E-state index contributed by atoms with van der Waals surface area (Å²) in [4.78, 5) is 12.7. The van der Waals surface area contributed by atoms with Gasteiger partial charge >= 0.3 is 0 Å². The van der Waals surface area contributed by atoms with Gasteiger partial charge in [0.1, 0.15) is 0 Å². The number of benzene rings is 2. The Labute approximate surface area is 209 Å². The Bertz CT molecular complexity index is 1160. The number of amides is 1. The van der Waals surface area contributed by atoms with Gasteiger partial charge in [-0.1, -0.05) is 48.7 Å². The number of nitrogens with one attached hydrogen (secondary N) is 1. The predicted molar refractivity (Wildman–Crippen MR) is 136 cm³/mol. The molecule has 0 unspecified atom stereocenters. The molecule has 34 heavy (non-hydrogen) atoms. The second kappa shape index (κ2) is 11.1. The van der Waals surface area contributed by atoms with Crippen LogP contribution in [0.15, 0.2) is 41.6 Å². The van der Waals surface area contributed by atoms with Crippen LogP contribution in [0.4, 0.5) is 5.69 Å². The molecule has 1 amide bonds. The lowest BCUT2D eigenvalue weighted by Gasteiger charge is -2.25. The van der Waals surface area contributed by atoms with E-state index in [-0.39, 0.29) is 11.7 Å². The lowest BCUT2D eigenvalue weighted by molar-refractivity contribution is -0.113. The van der Waals surface area contributed by atoms with Gasteiger partial charge in [0.15, 0.2) is 22.5 Å². The molecule has 0 aliphatic heterocycles. The molecule has 9 heteroatoms. The van der Waals surface area contributed by atoms with E-state index in [2.05, 4.69) is 20.1 Å². The van der Waals surface area contributed by atoms with Crippen molar-refractivity contribution < 1.29 is 14.3 Å². The van der Waals surface area contributed by atoms with Crippen LogP contribution >= 0.6 is 23.4 Å². The van der Waals surface area contributed by atoms with Crippen LogP contribution in [-0.4, -0.2) is 40.6 Å². The van der Waals surface area contributed by atoms with Crippen molar-refractivity contribution in [2.45, 2.75) is 50.2 Å². The SMILES string of the molecule is COc1ccc(-c2nnc(SCC(=O)Nc3cc(Cl)ccc3C)n2C2CCCCC2)cc1OC. The van der Waals surface area contributed by atoms with Gasteiger partial charge in [0.05, 0.1) is 20.0 Å². The Morgan fingerprint density at radius 3 is 2.59 bits per heavy atom. The average molecular weight is 501 g/mol. The van der Waals surface area contributed by atoms with Crippen LogP contribution < -0.4 is 14.8 Å². The molecule has 1 heterocycles. The Kier molecular flexibility index (Phi) is 8.00. The minimum atomic E-state index is -0.110. The third-order valence-electron chi connectivity index (χ3n) is 6.05. The minimum Gasteiger partial charge on any atom is -0.493 e. The number of thioether (sulfide) groups is 1. The smallest absolute Gasteiger partial charge is 0.234 e. The van der Waals surface area contributed by atoms with Crippen molar-refractivity contribution >= 4 is 35.0 Å². The summed E-state index contributed by atoms with van der Waals surface area (Å²) < 4.78 is 13.1. The monoisotopic (exact) mass is 500 g/mol. The van der Waals surface area contributed by atoms with E-state index in [0.717, 1.165) is 40.6 Å². The van der Waals surface area contributed by atoms with Gasteiger partial charge in [-0.3, -0.25) is 9.36 Å². The molecule has 0 spiro atoms. The molecule has 2 aromatic carbocycles. The zero-order chi connectivity index (χ0) is 24.1. The molecule has 1 fully saturated rings. The summed E-state index contributed by atoms with van der Waals surface area (Å²) in [7, 11) is 3.24. The van der Waals surface area contributed by atoms with E-state index in [1.165, 1.54) is 31.0 Å². The van der Waals surface area contributed by atoms with Crippen LogP contribution in [0, 0.1) is 6.92 Å². The fourth-order valence-electron chi connectivity index (χ4n) is 4.26. The highest BCUT2D eigenvalue weighted by Crippen LogP contribution is 2.38. The maximum absolute atomic E-state index is 12.7. The topological polar surface area (TPSA) is 78.3 Å². The van der Waals surface area contributed by atoms with Crippen molar-refractivity contribution in [3.05, 3.63) is 47.0 Å². The van der Waals surface area contributed by atoms with Crippen molar-refractivity contribution in [1.29, 1.82) is 0 Å². The molecule has 0 bridgehead atoms. The largest absolute Gasteiger partial charge is 0.493 e. The first-order valence-electron chi connectivity index (χ1n) is 11.4. The first-order valence-corrected chi connectivity index (χ1v) is 12.7. The molecular weight excluding hydrogens is 472 g/mol. The molecule has 7 nitrogen and oxygen atoms in total. The number of ether oxygens (including phenoxy) is 2. The number of aryl methyl sites for hydroxylation is 1. The van der Waals surface area contributed by atoms with E-state index >= 15 is 0 Å². The van der Waals surface area contributed by atoms with Crippen LogP contribution in [0.25, 0.3) is 11.4 Å². The summed E-state index contributed by atoms with van der Waals surface area (Å²) in [6, 6.07) is 11.5. The second-order valence-corrected chi connectivity index (χ2v) is 9.71. The first-order chi connectivity index (χ1) is 16.5. The van der Waals surface area contributed by atoms with Gasteiger partial charge < -0.3 is 14.8 Å². The normalized spacial score (nSPS) is 14.1. The van der Waals surface area contributed by atoms with Crippen molar-refractivity contribution in [2.24, 2.45) is 0 Å². The molecular formula is C25H29ClN4O3S. The summed E-state index contributed by atoms with van der Waals surface area (Å²) in [5.41, 5.74) is 2.59. The van der Waals surface area contributed by atoms with E-state index in [9.17, 15) is 4.79 Å². The van der Waals surface area contributed by atoms with Crippen molar-refractivity contribution in [3.63, 3.8) is 0 Å². The molecule has 1 aromatic heterocycles. The predicted octanol–water partition coefficient (Wildman–Crippen LogP) is 6.16. The number of methoxy groups -OCH3 is 2. The van der Waals surface area contributed by atoms with Crippen molar-refractivity contribution in [1.82, 2.24) is 14.8 Å². The van der Waals surface area contributed by atoms with Crippen LogP contribution in [-0.2, 0) is 4.79 Å². The van der Waals surface area contributed by atoms with Crippen molar-refractivity contribution in [3.8, 4) is 22.9 Å². The molecule has 4 rings (SSSR count). The first kappa shape index (κ1) is 24.4. The fraction of sp³-hybridized carbons (Fsp3) is 0.400. The summed E-state index contributed by atoms with van der Waals surface area (Å²) >= 11 is 7.49. The van der Waals surface area contributed by atoms with E-state index in [0.29, 0.717) is 22.6 Å². The van der Waals surface area contributed by atoms with E-state index in [4.69, 9.17) is 21.1 Å². The zero-order valence-electron chi connectivity index (χ0n) is 19.6. The lowest BCUT2D eigenvalue weighted by Crippen LogP contribution is -2.17. The van der Waals surface area contributed by atoms with Crippen LogP contribution in [0.3, 0.4) is 0 Å². The number of halogens is 1. The molecule has 1 aliphatic rings. The molecule has 3 aromatic rings. The molecule has 0 atom stereocenters. The maximum atomic E-state index is 12.7. The Balaban J connectivity index is 1.58. The number of nitrogens with zero attached hydrogens (tertiary/aromatic N) is 3. The number of hydrogen-bond acceptors (Lipinski definition) is 6. The molecule has 1 aliphatic carbocycles. The molecule has 1 saturated carbocycles. The number of aromatic nitrogens is 3. The van der Waals surface area contributed by atoms with Crippen LogP contribution in [0.2, 0.25) is 5.02 Å². The Hall–Kier alpha value is -2.71. The number of carbonyl (C=O) groups excluding carboxylic acids is 1. The molecule has 0 saturated heterocycles. The Morgan fingerprint density at radius 1 is 1.09 bits per heavy atom. The average Bonchev–Trinajstić information content (AvgIpc) is 3.29. The van der Waals surface area contributed by atoms with Gasteiger partial charge in [-0.15, -0.1) is 10.2 Å². The van der Waals surface area contributed by atoms with E-state index in [1.54, 1.807) is 20.3 Å².